The minimum absolute atomic E-state index is 0.000250. The van der Waals surface area contributed by atoms with Crippen molar-refractivity contribution in [3.8, 4) is 0 Å². The Morgan fingerprint density at radius 3 is 2.44 bits per heavy atom. The van der Waals surface area contributed by atoms with Crippen LogP contribution in [0.2, 0.25) is 0 Å². The predicted octanol–water partition coefficient (Wildman–Crippen LogP) is 4.23. The highest BCUT2D eigenvalue weighted by Crippen LogP contribution is 2.41. The van der Waals surface area contributed by atoms with E-state index in [1.54, 1.807) is 11.8 Å². The van der Waals surface area contributed by atoms with E-state index in [1.165, 1.54) is 19.3 Å². The third kappa shape index (κ3) is 4.87. The molecule has 5 heteroatoms. The zero-order valence-corrected chi connectivity index (χ0v) is 17.6. The number of hydrogen-bond acceptors (Lipinski definition) is 3. The molecule has 1 aliphatic carbocycles. The standard InChI is InChI=1S/C22H32N2O2S/c1-15(2)13-23-20(25)19-14-27-22(18-7-5-4-6-8-18)24(19)21(26)17-11-9-16(3)10-12-17/h9-12,15,18-19,22H,4-8,13-14H2,1-3H3,(H,23,25)/t19-,22+/m1/s1. The molecule has 2 aliphatic rings. The monoisotopic (exact) mass is 388 g/mol. The number of carbonyl (C=O) groups is 2. The minimum Gasteiger partial charge on any atom is -0.354 e. The topological polar surface area (TPSA) is 49.4 Å². The summed E-state index contributed by atoms with van der Waals surface area (Å²) in [5.41, 5.74) is 1.82. The van der Waals surface area contributed by atoms with Gasteiger partial charge < -0.3 is 10.2 Å². The van der Waals surface area contributed by atoms with E-state index in [0.29, 0.717) is 29.7 Å². The maximum atomic E-state index is 13.4. The van der Waals surface area contributed by atoms with Crippen molar-refractivity contribution in [1.29, 1.82) is 0 Å². The van der Waals surface area contributed by atoms with Crippen LogP contribution in [0, 0.1) is 18.8 Å². The maximum absolute atomic E-state index is 13.4. The highest BCUT2D eigenvalue weighted by molar-refractivity contribution is 8.00. The lowest BCUT2D eigenvalue weighted by molar-refractivity contribution is -0.125. The smallest absolute Gasteiger partial charge is 0.255 e. The van der Waals surface area contributed by atoms with Gasteiger partial charge in [-0.1, -0.05) is 50.8 Å². The molecule has 4 nitrogen and oxygen atoms in total. The number of hydrogen-bond donors (Lipinski definition) is 1. The Morgan fingerprint density at radius 1 is 1.15 bits per heavy atom. The van der Waals surface area contributed by atoms with E-state index in [1.807, 2.05) is 36.1 Å². The van der Waals surface area contributed by atoms with Gasteiger partial charge in [0, 0.05) is 17.9 Å². The fourth-order valence-corrected chi connectivity index (χ4v) is 5.68. The first kappa shape index (κ1) is 20.2. The fraction of sp³-hybridized carbons (Fsp3) is 0.636. The number of thioether (sulfide) groups is 1. The zero-order chi connectivity index (χ0) is 19.4. The molecule has 0 unspecified atom stereocenters. The van der Waals surface area contributed by atoms with Crippen molar-refractivity contribution in [3.05, 3.63) is 35.4 Å². The summed E-state index contributed by atoms with van der Waals surface area (Å²) in [7, 11) is 0. The van der Waals surface area contributed by atoms with Gasteiger partial charge in [0.15, 0.2) is 0 Å². The Hall–Kier alpha value is -1.49. The van der Waals surface area contributed by atoms with Crippen LogP contribution in [0.5, 0.6) is 0 Å². The normalized spacial score (nSPS) is 23.6. The second-order valence-electron chi connectivity index (χ2n) is 8.36. The van der Waals surface area contributed by atoms with Crippen LogP contribution < -0.4 is 5.32 Å². The summed E-state index contributed by atoms with van der Waals surface area (Å²) in [5.74, 6) is 1.59. The first-order chi connectivity index (χ1) is 13.0. The lowest BCUT2D eigenvalue weighted by atomic mass is 9.88. The van der Waals surface area contributed by atoms with Gasteiger partial charge in [-0.15, -0.1) is 11.8 Å². The number of nitrogens with zero attached hydrogens (tertiary/aromatic N) is 1. The Labute approximate surface area is 167 Å². The lowest BCUT2D eigenvalue weighted by Gasteiger charge is -2.35. The van der Waals surface area contributed by atoms with Crippen molar-refractivity contribution < 1.29 is 9.59 Å². The van der Waals surface area contributed by atoms with E-state index in [0.717, 1.165) is 18.4 Å². The van der Waals surface area contributed by atoms with E-state index in [9.17, 15) is 9.59 Å². The number of amides is 2. The Kier molecular flexibility index (Phi) is 6.85. The molecular weight excluding hydrogens is 356 g/mol. The van der Waals surface area contributed by atoms with Crippen molar-refractivity contribution in [3.63, 3.8) is 0 Å². The average molecular weight is 389 g/mol. The van der Waals surface area contributed by atoms with Crippen LogP contribution >= 0.6 is 11.8 Å². The fourth-order valence-electron chi connectivity index (χ4n) is 4.04. The SMILES string of the molecule is Cc1ccc(C(=O)N2[C@@H](C(=O)NCC(C)C)CS[C@H]2C2CCCCC2)cc1. The molecule has 2 fully saturated rings. The number of benzene rings is 1. The van der Waals surface area contributed by atoms with Crippen LogP contribution in [-0.2, 0) is 4.79 Å². The molecule has 3 rings (SSSR count). The second kappa shape index (κ2) is 9.13. The van der Waals surface area contributed by atoms with E-state index < -0.39 is 0 Å². The third-order valence-corrected chi connectivity index (χ3v) is 7.07. The van der Waals surface area contributed by atoms with Crippen LogP contribution in [0.4, 0.5) is 0 Å². The quantitative estimate of drug-likeness (QED) is 0.821. The van der Waals surface area contributed by atoms with Crippen LogP contribution in [0.1, 0.15) is 61.9 Å². The zero-order valence-electron chi connectivity index (χ0n) is 16.7. The molecule has 1 saturated heterocycles. The molecule has 27 heavy (non-hydrogen) atoms. The third-order valence-electron chi connectivity index (χ3n) is 5.61. The molecule has 1 aromatic carbocycles. The average Bonchev–Trinajstić information content (AvgIpc) is 3.12. The summed E-state index contributed by atoms with van der Waals surface area (Å²) in [5, 5.41) is 3.17. The molecule has 0 radical (unpaired) electrons. The highest BCUT2D eigenvalue weighted by atomic mass is 32.2. The number of rotatable bonds is 5. The number of nitrogens with one attached hydrogen (secondary N) is 1. The molecule has 1 aromatic rings. The molecule has 2 atom stereocenters. The van der Waals surface area contributed by atoms with Crippen LogP contribution in [-0.4, -0.2) is 40.4 Å². The molecular formula is C22H32N2O2S. The van der Waals surface area contributed by atoms with E-state index in [4.69, 9.17) is 0 Å². The van der Waals surface area contributed by atoms with Gasteiger partial charge in [0.05, 0.1) is 5.37 Å². The highest BCUT2D eigenvalue weighted by Gasteiger charge is 2.45. The molecule has 1 saturated carbocycles. The summed E-state index contributed by atoms with van der Waals surface area (Å²) in [6, 6.07) is 7.36. The molecule has 1 aliphatic heterocycles. The first-order valence-electron chi connectivity index (χ1n) is 10.3. The van der Waals surface area contributed by atoms with Crippen LogP contribution in [0.3, 0.4) is 0 Å². The van der Waals surface area contributed by atoms with Gasteiger partial charge in [0.25, 0.3) is 5.91 Å². The summed E-state index contributed by atoms with van der Waals surface area (Å²) in [4.78, 5) is 28.2. The predicted molar refractivity (Wildman–Crippen MR) is 112 cm³/mol. The summed E-state index contributed by atoms with van der Waals surface area (Å²) in [6.45, 7) is 6.85. The number of carbonyl (C=O) groups excluding carboxylic acids is 2. The Bertz CT molecular complexity index is 653. The van der Waals surface area contributed by atoms with Gasteiger partial charge in [0.2, 0.25) is 5.91 Å². The summed E-state index contributed by atoms with van der Waals surface area (Å²) < 4.78 is 0. The van der Waals surface area contributed by atoms with Crippen LogP contribution in [0.25, 0.3) is 0 Å². The lowest BCUT2D eigenvalue weighted by Crippen LogP contribution is -2.52. The maximum Gasteiger partial charge on any atom is 0.255 e. The molecule has 0 bridgehead atoms. The molecule has 148 valence electrons. The van der Waals surface area contributed by atoms with Gasteiger partial charge in [-0.05, 0) is 43.7 Å². The van der Waals surface area contributed by atoms with Gasteiger partial charge in [-0.25, -0.2) is 0 Å². The Morgan fingerprint density at radius 2 is 1.81 bits per heavy atom. The van der Waals surface area contributed by atoms with Gasteiger partial charge in [-0.2, -0.15) is 0 Å². The molecule has 0 aromatic heterocycles. The second-order valence-corrected chi connectivity index (χ2v) is 9.50. The summed E-state index contributed by atoms with van der Waals surface area (Å²) >= 11 is 1.80. The molecule has 1 N–H and O–H groups in total. The van der Waals surface area contributed by atoms with Crippen molar-refractivity contribution in [1.82, 2.24) is 10.2 Å². The molecule has 2 amide bonds. The largest absolute Gasteiger partial charge is 0.354 e. The molecule has 0 spiro atoms. The van der Waals surface area contributed by atoms with Gasteiger partial charge in [-0.3, -0.25) is 9.59 Å². The number of aryl methyl sites for hydroxylation is 1. The van der Waals surface area contributed by atoms with E-state index in [-0.39, 0.29) is 23.2 Å². The van der Waals surface area contributed by atoms with Crippen LogP contribution in [0.15, 0.2) is 24.3 Å². The van der Waals surface area contributed by atoms with Crippen molar-refractivity contribution >= 4 is 23.6 Å². The van der Waals surface area contributed by atoms with Crippen molar-refractivity contribution in [2.75, 3.05) is 12.3 Å². The van der Waals surface area contributed by atoms with Gasteiger partial charge in [0.1, 0.15) is 6.04 Å². The van der Waals surface area contributed by atoms with Crippen molar-refractivity contribution in [2.24, 2.45) is 11.8 Å². The summed E-state index contributed by atoms with van der Waals surface area (Å²) in [6.07, 6.45) is 6.08. The van der Waals surface area contributed by atoms with E-state index >= 15 is 0 Å². The minimum atomic E-state index is -0.366. The van der Waals surface area contributed by atoms with Crippen molar-refractivity contribution in [2.45, 2.75) is 64.3 Å². The van der Waals surface area contributed by atoms with E-state index in [2.05, 4.69) is 19.2 Å². The van der Waals surface area contributed by atoms with Gasteiger partial charge >= 0.3 is 0 Å². The molecule has 1 heterocycles. The Balaban J connectivity index is 1.83. The first-order valence-corrected chi connectivity index (χ1v) is 11.3.